The van der Waals surface area contributed by atoms with E-state index in [9.17, 15) is 27.6 Å². The largest absolute Gasteiger partial charge is 0.408 e. The first-order valence-corrected chi connectivity index (χ1v) is 9.21. The lowest BCUT2D eigenvalue weighted by atomic mass is 10.1. The number of alkyl halides is 3. The van der Waals surface area contributed by atoms with E-state index in [-0.39, 0.29) is 32.8 Å². The van der Waals surface area contributed by atoms with Crippen molar-refractivity contribution in [2.24, 2.45) is 7.05 Å². The van der Waals surface area contributed by atoms with Gasteiger partial charge in [-0.2, -0.15) is 13.2 Å². The minimum atomic E-state index is -4.70. The van der Waals surface area contributed by atoms with Crippen LogP contribution in [0, 0.1) is 13.8 Å². The van der Waals surface area contributed by atoms with Crippen molar-refractivity contribution in [1.82, 2.24) is 14.9 Å². The number of nitrogens with zero attached hydrogens (tertiary/aromatic N) is 2. The van der Waals surface area contributed by atoms with Gasteiger partial charge in [0.05, 0.1) is 11.3 Å². The molecule has 2 aromatic rings. The molecule has 0 aliphatic carbocycles. The third kappa shape index (κ3) is 4.93. The summed E-state index contributed by atoms with van der Waals surface area (Å²) >= 11 is 11.6. The Morgan fingerprint density at radius 1 is 1.13 bits per heavy atom. The van der Waals surface area contributed by atoms with Crippen LogP contribution in [0.3, 0.4) is 0 Å². The molecule has 0 saturated heterocycles. The van der Waals surface area contributed by atoms with Crippen LogP contribution >= 0.6 is 23.2 Å². The molecule has 0 bridgehead atoms. The molecule has 30 heavy (non-hydrogen) atoms. The second-order valence-corrected chi connectivity index (χ2v) is 7.29. The fourth-order valence-corrected chi connectivity index (χ4v) is 3.28. The van der Waals surface area contributed by atoms with Gasteiger partial charge in [0.1, 0.15) is 16.3 Å². The standard InChI is InChI=1S/C18H17Cl2F3N4O3/c1-7-13(16(29)25-10-5-11(19)26-12(20)6-10)8(2)27(4)14(7)15(28)17(30)24-9(3)18(21,22)23/h5-6,9H,1-4H3,(H,24,30)(H,25,26,29)/t9-/m1/s1. The number of rotatable bonds is 5. The van der Waals surface area contributed by atoms with Crippen molar-refractivity contribution in [1.29, 1.82) is 0 Å². The smallest absolute Gasteiger partial charge is 0.344 e. The molecule has 2 N–H and O–H groups in total. The molecular weight excluding hydrogens is 448 g/mol. The Bertz CT molecular complexity index is 1010. The molecule has 0 fully saturated rings. The molecule has 7 nitrogen and oxygen atoms in total. The summed E-state index contributed by atoms with van der Waals surface area (Å²) < 4.78 is 39.3. The zero-order chi connectivity index (χ0) is 23.0. The van der Waals surface area contributed by atoms with Crippen LogP contribution < -0.4 is 10.6 Å². The first kappa shape index (κ1) is 23.7. The van der Waals surface area contributed by atoms with Crippen molar-refractivity contribution in [3.8, 4) is 0 Å². The fraction of sp³-hybridized carbons (Fsp3) is 0.333. The van der Waals surface area contributed by atoms with E-state index >= 15 is 0 Å². The van der Waals surface area contributed by atoms with Crippen molar-refractivity contribution in [2.45, 2.75) is 33.0 Å². The monoisotopic (exact) mass is 464 g/mol. The average molecular weight is 465 g/mol. The summed E-state index contributed by atoms with van der Waals surface area (Å²) in [6.07, 6.45) is -4.70. The molecule has 2 heterocycles. The summed E-state index contributed by atoms with van der Waals surface area (Å²) in [5, 5.41) is 4.27. The van der Waals surface area contributed by atoms with Gasteiger partial charge in [0.2, 0.25) is 0 Å². The highest BCUT2D eigenvalue weighted by atomic mass is 35.5. The van der Waals surface area contributed by atoms with Gasteiger partial charge in [0, 0.05) is 18.4 Å². The first-order valence-electron chi connectivity index (χ1n) is 8.46. The molecule has 162 valence electrons. The third-order valence-electron chi connectivity index (χ3n) is 4.44. The Morgan fingerprint density at radius 3 is 2.17 bits per heavy atom. The molecule has 2 aromatic heterocycles. The molecule has 0 aromatic carbocycles. The number of halogens is 5. The van der Waals surface area contributed by atoms with Crippen molar-refractivity contribution < 1.29 is 27.6 Å². The van der Waals surface area contributed by atoms with Gasteiger partial charge in [0.15, 0.2) is 0 Å². The molecule has 0 saturated carbocycles. The fourth-order valence-electron chi connectivity index (χ4n) is 2.82. The lowest BCUT2D eigenvalue weighted by molar-refractivity contribution is -0.156. The van der Waals surface area contributed by atoms with E-state index in [0.717, 1.165) is 6.92 Å². The van der Waals surface area contributed by atoms with E-state index in [0.29, 0.717) is 5.69 Å². The molecule has 1 atom stereocenters. The predicted molar refractivity (Wildman–Crippen MR) is 105 cm³/mol. The van der Waals surface area contributed by atoms with Gasteiger partial charge in [0.25, 0.3) is 17.6 Å². The van der Waals surface area contributed by atoms with Gasteiger partial charge >= 0.3 is 6.18 Å². The van der Waals surface area contributed by atoms with Crippen molar-refractivity contribution in [2.75, 3.05) is 5.32 Å². The molecule has 0 spiro atoms. The number of aromatic nitrogens is 2. The van der Waals surface area contributed by atoms with E-state index < -0.39 is 29.8 Å². The SMILES string of the molecule is Cc1c(C(=O)Nc2cc(Cl)nc(Cl)c2)c(C)n(C)c1C(=O)C(=O)N[C@H](C)C(F)(F)F. The molecule has 0 aliphatic heterocycles. The number of carbonyl (C=O) groups is 3. The molecule has 0 radical (unpaired) electrons. The number of amides is 2. The summed E-state index contributed by atoms with van der Waals surface area (Å²) in [6, 6.07) is 0.508. The normalized spacial score (nSPS) is 12.4. The Hall–Kier alpha value is -2.59. The molecule has 12 heteroatoms. The van der Waals surface area contributed by atoms with E-state index in [4.69, 9.17) is 23.2 Å². The molecule has 2 rings (SSSR count). The Morgan fingerprint density at radius 2 is 1.67 bits per heavy atom. The maximum atomic E-state index is 12.8. The zero-order valence-corrected chi connectivity index (χ0v) is 17.8. The highest BCUT2D eigenvalue weighted by molar-refractivity contribution is 6.43. The summed E-state index contributed by atoms with van der Waals surface area (Å²) in [4.78, 5) is 41.1. The lowest BCUT2D eigenvalue weighted by Gasteiger charge is -2.16. The van der Waals surface area contributed by atoms with Crippen LogP contribution in [0.5, 0.6) is 0 Å². The van der Waals surface area contributed by atoms with E-state index in [1.807, 2.05) is 0 Å². The highest BCUT2D eigenvalue weighted by Crippen LogP contribution is 2.25. The van der Waals surface area contributed by atoms with Crippen LogP contribution in [0.15, 0.2) is 12.1 Å². The Balaban J connectivity index is 2.35. The predicted octanol–water partition coefficient (Wildman–Crippen LogP) is 3.85. The number of pyridine rings is 1. The quantitative estimate of drug-likeness (QED) is 0.399. The van der Waals surface area contributed by atoms with Crippen LogP contribution in [-0.4, -0.2) is 39.4 Å². The Labute approximate surface area is 179 Å². The van der Waals surface area contributed by atoms with Gasteiger partial charge in [-0.3, -0.25) is 14.4 Å². The van der Waals surface area contributed by atoms with E-state index in [2.05, 4.69) is 10.3 Å². The first-order chi connectivity index (χ1) is 13.7. The van der Waals surface area contributed by atoms with Gasteiger partial charge in [-0.1, -0.05) is 23.2 Å². The Kier molecular flexibility index (Phi) is 6.83. The van der Waals surface area contributed by atoms with Crippen molar-refractivity contribution in [3.63, 3.8) is 0 Å². The van der Waals surface area contributed by atoms with E-state index in [1.165, 1.54) is 37.6 Å². The summed E-state index contributed by atoms with van der Waals surface area (Å²) in [5.74, 6) is -3.24. The molecule has 0 unspecified atom stereocenters. The number of Topliss-reactive ketones (excluding diaryl/α,β-unsaturated/α-hetero) is 1. The lowest BCUT2D eigenvalue weighted by Crippen LogP contribution is -2.46. The average Bonchev–Trinajstić information content (AvgIpc) is 2.81. The van der Waals surface area contributed by atoms with Crippen molar-refractivity contribution >= 4 is 46.5 Å². The number of anilines is 1. The van der Waals surface area contributed by atoms with Gasteiger partial charge < -0.3 is 15.2 Å². The second kappa shape index (κ2) is 8.65. The van der Waals surface area contributed by atoms with Gasteiger partial charge in [-0.15, -0.1) is 0 Å². The van der Waals surface area contributed by atoms with Gasteiger partial charge in [-0.25, -0.2) is 4.98 Å². The zero-order valence-electron chi connectivity index (χ0n) is 16.2. The minimum absolute atomic E-state index is 0.0469. The third-order valence-corrected chi connectivity index (χ3v) is 4.83. The maximum absolute atomic E-state index is 12.8. The summed E-state index contributed by atoms with van der Waals surface area (Å²) in [5.41, 5.74) is 0.601. The summed E-state index contributed by atoms with van der Waals surface area (Å²) in [6.45, 7) is 3.67. The topological polar surface area (TPSA) is 93.1 Å². The van der Waals surface area contributed by atoms with Crippen LogP contribution in [0.1, 0.15) is 39.0 Å². The number of nitrogens with one attached hydrogen (secondary N) is 2. The molecule has 2 amide bonds. The van der Waals surface area contributed by atoms with Crippen LogP contribution in [0.2, 0.25) is 10.3 Å². The minimum Gasteiger partial charge on any atom is -0.344 e. The number of hydrogen-bond donors (Lipinski definition) is 2. The van der Waals surface area contributed by atoms with Crippen LogP contribution in [0.4, 0.5) is 18.9 Å². The number of ketones is 1. The van der Waals surface area contributed by atoms with Gasteiger partial charge in [-0.05, 0) is 38.5 Å². The highest BCUT2D eigenvalue weighted by Gasteiger charge is 2.39. The second-order valence-electron chi connectivity index (χ2n) is 6.51. The summed E-state index contributed by atoms with van der Waals surface area (Å²) in [7, 11) is 1.42. The van der Waals surface area contributed by atoms with Crippen LogP contribution in [0.25, 0.3) is 0 Å². The number of hydrogen-bond acceptors (Lipinski definition) is 4. The van der Waals surface area contributed by atoms with E-state index in [1.54, 1.807) is 5.32 Å². The van der Waals surface area contributed by atoms with Crippen molar-refractivity contribution in [3.05, 3.63) is 45.0 Å². The molecular formula is C18H17Cl2F3N4O3. The number of carbonyl (C=O) groups excluding carboxylic acids is 3. The maximum Gasteiger partial charge on any atom is 0.408 e. The van der Waals surface area contributed by atoms with Crippen LogP contribution in [-0.2, 0) is 11.8 Å². The molecule has 0 aliphatic rings.